The summed E-state index contributed by atoms with van der Waals surface area (Å²) < 4.78 is 0. The molecule has 3 rings (SSSR count). The quantitative estimate of drug-likeness (QED) is 0.455. The third-order valence-electron chi connectivity index (χ3n) is 5.91. The Morgan fingerprint density at radius 3 is 2.31 bits per heavy atom. The molecule has 2 aromatic carbocycles. The van der Waals surface area contributed by atoms with E-state index in [1.54, 1.807) is 0 Å². The van der Waals surface area contributed by atoms with Crippen LogP contribution in [0, 0.1) is 5.92 Å². The Labute approximate surface area is 171 Å². The number of Topliss-reactive ketones (excluding diaryl/α,β-unsaturated/α-hetero) is 1. The van der Waals surface area contributed by atoms with Gasteiger partial charge in [0.25, 0.3) is 0 Å². The smallest absolute Gasteiger partial charge is 0.181 e. The normalized spacial score (nSPS) is 21.3. The molecule has 2 atom stereocenters. The molecule has 4 heteroatoms. The van der Waals surface area contributed by atoms with Gasteiger partial charge in [-0.05, 0) is 51.5 Å². The highest BCUT2D eigenvalue weighted by Gasteiger charge is 2.49. The van der Waals surface area contributed by atoms with Crippen LogP contribution in [0.5, 0.6) is 17.2 Å². The fraction of sp³-hybridized carbons (Fsp3) is 0.320. The van der Waals surface area contributed by atoms with Crippen molar-refractivity contribution < 1.29 is 20.1 Å². The zero-order valence-corrected chi connectivity index (χ0v) is 17.1. The largest absolute Gasteiger partial charge is 0.508 e. The van der Waals surface area contributed by atoms with Crippen molar-refractivity contribution >= 4 is 5.78 Å². The fourth-order valence-electron chi connectivity index (χ4n) is 4.51. The first-order valence-electron chi connectivity index (χ1n) is 9.92. The molecule has 0 aromatic heterocycles. The molecule has 0 radical (unpaired) electrons. The maximum absolute atomic E-state index is 14.0. The lowest BCUT2D eigenvalue weighted by molar-refractivity contribution is 0.0807. The van der Waals surface area contributed by atoms with Gasteiger partial charge in [-0.25, -0.2) is 0 Å². The molecule has 0 spiro atoms. The van der Waals surface area contributed by atoms with Gasteiger partial charge in [0, 0.05) is 12.1 Å². The first-order chi connectivity index (χ1) is 13.8. The molecule has 0 bridgehead atoms. The van der Waals surface area contributed by atoms with Crippen LogP contribution in [0.25, 0.3) is 0 Å². The molecule has 0 saturated heterocycles. The summed E-state index contributed by atoms with van der Waals surface area (Å²) in [7, 11) is 0. The van der Waals surface area contributed by atoms with Gasteiger partial charge in [0.15, 0.2) is 5.78 Å². The number of ketones is 1. The third-order valence-corrected chi connectivity index (χ3v) is 5.91. The number of rotatable bonds is 5. The van der Waals surface area contributed by atoms with E-state index in [-0.39, 0.29) is 23.0 Å². The number of aromatic hydroxyl groups is 3. The minimum absolute atomic E-state index is 0.103. The molecule has 152 valence electrons. The van der Waals surface area contributed by atoms with Gasteiger partial charge >= 0.3 is 0 Å². The standard InChI is InChI=1S/C25H28O4/c1-16(2)11-12-20-17(3)8-7-13-25(20,18-9-5-4-6-10-18)24(29)23-21(27)14-19(26)15-22(23)28/h4-6,8-11,14-15,20,26-28H,7,12-13H2,1-3H3/t20-,25-/m1/s1. The summed E-state index contributed by atoms with van der Waals surface area (Å²) in [4.78, 5) is 14.0. The Hall–Kier alpha value is -3.01. The summed E-state index contributed by atoms with van der Waals surface area (Å²) in [6.07, 6.45) is 6.31. The number of allylic oxidation sites excluding steroid dienone is 4. The van der Waals surface area contributed by atoms with Crippen molar-refractivity contribution in [3.05, 3.63) is 76.9 Å². The van der Waals surface area contributed by atoms with Crippen molar-refractivity contribution in [2.75, 3.05) is 0 Å². The number of benzene rings is 2. The Morgan fingerprint density at radius 2 is 1.72 bits per heavy atom. The van der Waals surface area contributed by atoms with Crippen LogP contribution in [0.1, 0.15) is 56.0 Å². The van der Waals surface area contributed by atoms with Gasteiger partial charge in [-0.3, -0.25) is 4.79 Å². The maximum Gasteiger partial charge on any atom is 0.181 e. The van der Waals surface area contributed by atoms with Crippen LogP contribution in [0.2, 0.25) is 0 Å². The SMILES string of the molecule is CC(C)=CC[C@@H]1C(C)=CCC[C@@]1(C(=O)c1c(O)cc(O)cc1O)c1ccccc1. The fourth-order valence-corrected chi connectivity index (χ4v) is 4.51. The van der Waals surface area contributed by atoms with Gasteiger partial charge in [0.05, 0.1) is 5.41 Å². The van der Waals surface area contributed by atoms with Gasteiger partial charge in [-0.15, -0.1) is 0 Å². The van der Waals surface area contributed by atoms with Crippen molar-refractivity contribution in [2.45, 2.75) is 45.4 Å². The first-order valence-corrected chi connectivity index (χ1v) is 9.92. The summed E-state index contributed by atoms with van der Waals surface area (Å²) in [6.45, 7) is 6.11. The average molecular weight is 392 g/mol. The molecule has 0 fully saturated rings. The van der Waals surface area contributed by atoms with E-state index in [9.17, 15) is 20.1 Å². The zero-order valence-electron chi connectivity index (χ0n) is 17.1. The van der Waals surface area contributed by atoms with E-state index in [0.29, 0.717) is 12.8 Å². The van der Waals surface area contributed by atoms with E-state index in [2.05, 4.69) is 12.2 Å². The van der Waals surface area contributed by atoms with Gasteiger partial charge in [-0.2, -0.15) is 0 Å². The highest BCUT2D eigenvalue weighted by Crippen LogP contribution is 2.50. The lowest BCUT2D eigenvalue weighted by Crippen LogP contribution is -2.45. The zero-order chi connectivity index (χ0) is 21.2. The molecule has 3 N–H and O–H groups in total. The Bertz CT molecular complexity index is 945. The van der Waals surface area contributed by atoms with Crippen molar-refractivity contribution in [1.82, 2.24) is 0 Å². The number of phenolic OH excluding ortho intramolecular Hbond substituents is 3. The predicted molar refractivity (Wildman–Crippen MR) is 114 cm³/mol. The number of phenols is 3. The second kappa shape index (κ2) is 8.16. The molecule has 2 aromatic rings. The number of hydrogen-bond donors (Lipinski definition) is 3. The lowest BCUT2D eigenvalue weighted by atomic mass is 9.58. The first kappa shape index (κ1) is 20.7. The molecule has 0 heterocycles. The highest BCUT2D eigenvalue weighted by molar-refractivity contribution is 6.08. The van der Waals surface area contributed by atoms with E-state index >= 15 is 0 Å². The van der Waals surface area contributed by atoms with E-state index in [1.807, 2.05) is 51.1 Å². The van der Waals surface area contributed by atoms with Crippen molar-refractivity contribution in [3.8, 4) is 17.2 Å². The topological polar surface area (TPSA) is 77.8 Å². The summed E-state index contributed by atoms with van der Waals surface area (Å²) in [5.41, 5.74) is 2.12. The summed E-state index contributed by atoms with van der Waals surface area (Å²) in [6, 6.07) is 11.8. The maximum atomic E-state index is 14.0. The van der Waals surface area contributed by atoms with E-state index in [4.69, 9.17) is 0 Å². The average Bonchev–Trinajstić information content (AvgIpc) is 2.66. The molecule has 29 heavy (non-hydrogen) atoms. The second-order valence-electron chi connectivity index (χ2n) is 8.08. The third kappa shape index (κ3) is 3.80. The molecule has 0 saturated carbocycles. The molecular formula is C25H28O4. The van der Waals surface area contributed by atoms with Gasteiger partial charge < -0.3 is 15.3 Å². The Kier molecular flexibility index (Phi) is 5.83. The minimum atomic E-state index is -0.919. The van der Waals surface area contributed by atoms with Crippen LogP contribution >= 0.6 is 0 Å². The van der Waals surface area contributed by atoms with Crippen LogP contribution < -0.4 is 0 Å². The van der Waals surface area contributed by atoms with Gasteiger partial charge in [-0.1, -0.05) is 53.6 Å². The molecule has 0 aliphatic heterocycles. The van der Waals surface area contributed by atoms with Crippen molar-refractivity contribution in [3.63, 3.8) is 0 Å². The lowest BCUT2D eigenvalue weighted by Gasteiger charge is -2.43. The summed E-state index contributed by atoms with van der Waals surface area (Å²) in [5, 5.41) is 30.6. The molecule has 1 aliphatic rings. The second-order valence-corrected chi connectivity index (χ2v) is 8.08. The van der Waals surface area contributed by atoms with Gasteiger partial charge in [0.1, 0.15) is 22.8 Å². The molecule has 0 amide bonds. The van der Waals surface area contributed by atoms with E-state index in [1.165, 1.54) is 5.57 Å². The molecule has 1 aliphatic carbocycles. The van der Waals surface area contributed by atoms with Crippen LogP contribution in [0.15, 0.2) is 65.8 Å². The van der Waals surface area contributed by atoms with Gasteiger partial charge in [0.2, 0.25) is 0 Å². The van der Waals surface area contributed by atoms with Crippen molar-refractivity contribution in [1.29, 1.82) is 0 Å². The van der Waals surface area contributed by atoms with Crippen LogP contribution in [0.3, 0.4) is 0 Å². The van der Waals surface area contributed by atoms with Crippen molar-refractivity contribution in [2.24, 2.45) is 5.92 Å². The summed E-state index contributed by atoms with van der Waals surface area (Å²) >= 11 is 0. The van der Waals surface area contributed by atoms with E-state index < -0.39 is 16.9 Å². The number of carbonyl (C=O) groups is 1. The highest BCUT2D eigenvalue weighted by atomic mass is 16.3. The number of carbonyl (C=O) groups excluding carboxylic acids is 1. The van der Waals surface area contributed by atoms with Crippen LogP contribution in [-0.4, -0.2) is 21.1 Å². The number of hydrogen-bond acceptors (Lipinski definition) is 4. The molecule has 0 unspecified atom stereocenters. The molecule has 4 nitrogen and oxygen atoms in total. The van der Waals surface area contributed by atoms with E-state index in [0.717, 1.165) is 29.7 Å². The Balaban J connectivity index is 2.26. The van der Waals surface area contributed by atoms with Crippen LogP contribution in [-0.2, 0) is 5.41 Å². The minimum Gasteiger partial charge on any atom is -0.508 e. The molecular weight excluding hydrogens is 364 g/mol. The Morgan fingerprint density at radius 1 is 1.10 bits per heavy atom. The van der Waals surface area contributed by atoms with Crippen LogP contribution in [0.4, 0.5) is 0 Å². The monoisotopic (exact) mass is 392 g/mol. The summed E-state index contributed by atoms with van der Waals surface area (Å²) in [5.74, 6) is -1.52. The predicted octanol–water partition coefficient (Wildman–Crippen LogP) is 5.64.